The molecule has 3 heteroatoms. The lowest BCUT2D eigenvalue weighted by molar-refractivity contribution is 0.309. The molecule has 1 rings (SSSR count). The van der Waals surface area contributed by atoms with E-state index in [2.05, 4.69) is 19.2 Å². The quantitative estimate of drug-likeness (QED) is 0.781. The van der Waals surface area contributed by atoms with Crippen LogP contribution in [0.4, 0.5) is 0 Å². The summed E-state index contributed by atoms with van der Waals surface area (Å²) in [6.45, 7) is 7.72. The average Bonchev–Trinajstić information content (AvgIpc) is 2.17. The number of halogens is 1. The molecule has 0 aliphatic heterocycles. The van der Waals surface area contributed by atoms with E-state index in [0.29, 0.717) is 17.7 Å². The Morgan fingerprint density at radius 3 is 2.80 bits per heavy atom. The van der Waals surface area contributed by atoms with E-state index in [1.807, 2.05) is 25.1 Å². The van der Waals surface area contributed by atoms with Gasteiger partial charge in [-0.2, -0.15) is 0 Å². The molecule has 0 heterocycles. The molecule has 15 heavy (non-hydrogen) atoms. The molecule has 1 aromatic carbocycles. The summed E-state index contributed by atoms with van der Waals surface area (Å²) >= 11 is 5.99. The maximum atomic E-state index is 5.99. The molecule has 0 amide bonds. The molecule has 2 nitrogen and oxygen atoms in total. The second kappa shape index (κ2) is 5.99. The van der Waals surface area contributed by atoms with Gasteiger partial charge < -0.3 is 10.1 Å². The third kappa shape index (κ3) is 4.54. The van der Waals surface area contributed by atoms with Crippen LogP contribution in [0, 0.1) is 6.92 Å². The fourth-order valence-corrected chi connectivity index (χ4v) is 1.40. The Balaban J connectivity index is 2.40. The van der Waals surface area contributed by atoms with Gasteiger partial charge in [0.15, 0.2) is 0 Å². The zero-order valence-electron chi connectivity index (χ0n) is 9.51. The average molecular weight is 228 g/mol. The Morgan fingerprint density at radius 1 is 1.40 bits per heavy atom. The third-order valence-corrected chi connectivity index (χ3v) is 2.31. The second-order valence-corrected chi connectivity index (χ2v) is 4.30. The molecule has 0 spiro atoms. The van der Waals surface area contributed by atoms with Gasteiger partial charge in [0.05, 0.1) is 5.02 Å². The zero-order valence-corrected chi connectivity index (χ0v) is 10.3. The minimum Gasteiger partial charge on any atom is -0.491 e. The molecule has 0 bridgehead atoms. The van der Waals surface area contributed by atoms with Gasteiger partial charge in [-0.15, -0.1) is 0 Å². The highest BCUT2D eigenvalue weighted by atomic mass is 35.5. The van der Waals surface area contributed by atoms with Crippen LogP contribution in [0.3, 0.4) is 0 Å². The Bertz CT molecular complexity index is 312. The largest absolute Gasteiger partial charge is 0.491 e. The van der Waals surface area contributed by atoms with Crippen LogP contribution in [0.1, 0.15) is 19.4 Å². The third-order valence-electron chi connectivity index (χ3n) is 2.00. The first-order valence-electron chi connectivity index (χ1n) is 5.22. The molecule has 0 aliphatic rings. The van der Waals surface area contributed by atoms with E-state index in [1.165, 1.54) is 0 Å². The molecule has 0 radical (unpaired) electrons. The summed E-state index contributed by atoms with van der Waals surface area (Å²) in [4.78, 5) is 0. The van der Waals surface area contributed by atoms with Gasteiger partial charge in [0, 0.05) is 12.6 Å². The molecule has 0 fully saturated rings. The second-order valence-electron chi connectivity index (χ2n) is 3.89. The number of rotatable bonds is 5. The van der Waals surface area contributed by atoms with Crippen LogP contribution in [0.2, 0.25) is 5.02 Å². The summed E-state index contributed by atoms with van der Waals surface area (Å²) in [6, 6.07) is 6.28. The summed E-state index contributed by atoms with van der Waals surface area (Å²) in [6.07, 6.45) is 0. The van der Waals surface area contributed by atoms with Gasteiger partial charge in [0.1, 0.15) is 12.4 Å². The van der Waals surface area contributed by atoms with Crippen molar-refractivity contribution in [2.75, 3.05) is 13.2 Å². The Kier molecular flexibility index (Phi) is 4.92. The van der Waals surface area contributed by atoms with E-state index < -0.39 is 0 Å². The van der Waals surface area contributed by atoms with Crippen molar-refractivity contribution in [3.05, 3.63) is 28.8 Å². The van der Waals surface area contributed by atoms with E-state index >= 15 is 0 Å². The van der Waals surface area contributed by atoms with Gasteiger partial charge >= 0.3 is 0 Å². The van der Waals surface area contributed by atoms with Crippen LogP contribution in [0.5, 0.6) is 5.75 Å². The zero-order chi connectivity index (χ0) is 11.3. The molecule has 0 atom stereocenters. The molecular formula is C12H18ClNO. The molecule has 0 aromatic heterocycles. The van der Waals surface area contributed by atoms with Crippen LogP contribution in [0.15, 0.2) is 18.2 Å². The van der Waals surface area contributed by atoms with Gasteiger partial charge in [-0.1, -0.05) is 31.5 Å². The summed E-state index contributed by atoms with van der Waals surface area (Å²) in [5.74, 6) is 0.766. The summed E-state index contributed by atoms with van der Waals surface area (Å²) in [5.41, 5.74) is 1.16. The monoisotopic (exact) mass is 227 g/mol. The predicted octanol–water partition coefficient (Wildman–Crippen LogP) is 3.03. The lowest BCUT2D eigenvalue weighted by Crippen LogP contribution is -2.27. The number of hydrogen-bond acceptors (Lipinski definition) is 2. The summed E-state index contributed by atoms with van der Waals surface area (Å²) in [5, 5.41) is 3.95. The van der Waals surface area contributed by atoms with Crippen LogP contribution < -0.4 is 10.1 Å². The smallest absolute Gasteiger partial charge is 0.138 e. The summed E-state index contributed by atoms with van der Waals surface area (Å²) in [7, 11) is 0. The predicted molar refractivity (Wildman–Crippen MR) is 64.8 cm³/mol. The van der Waals surface area contributed by atoms with Crippen molar-refractivity contribution in [2.24, 2.45) is 0 Å². The van der Waals surface area contributed by atoms with Gasteiger partial charge in [-0.25, -0.2) is 0 Å². The highest BCUT2D eigenvalue weighted by Gasteiger charge is 2.01. The number of benzene rings is 1. The van der Waals surface area contributed by atoms with Crippen LogP contribution in [-0.4, -0.2) is 19.2 Å². The highest BCUT2D eigenvalue weighted by Crippen LogP contribution is 2.24. The lowest BCUT2D eigenvalue weighted by Gasteiger charge is -2.11. The van der Waals surface area contributed by atoms with E-state index in [0.717, 1.165) is 17.9 Å². The molecule has 0 unspecified atom stereocenters. The van der Waals surface area contributed by atoms with Gasteiger partial charge in [-0.3, -0.25) is 0 Å². The molecule has 84 valence electrons. The van der Waals surface area contributed by atoms with Gasteiger partial charge in [0.25, 0.3) is 0 Å². The lowest BCUT2D eigenvalue weighted by atomic mass is 10.2. The Labute approximate surface area is 96.6 Å². The van der Waals surface area contributed by atoms with Crippen molar-refractivity contribution in [1.82, 2.24) is 5.32 Å². The fraction of sp³-hybridized carbons (Fsp3) is 0.500. The minimum absolute atomic E-state index is 0.488. The van der Waals surface area contributed by atoms with E-state index in [-0.39, 0.29) is 0 Å². The van der Waals surface area contributed by atoms with Crippen molar-refractivity contribution in [3.63, 3.8) is 0 Å². The van der Waals surface area contributed by atoms with E-state index in [1.54, 1.807) is 0 Å². The van der Waals surface area contributed by atoms with Crippen LogP contribution >= 0.6 is 11.6 Å². The SMILES string of the molecule is Cc1ccc(Cl)c(OCCNC(C)C)c1. The first-order valence-corrected chi connectivity index (χ1v) is 5.59. The number of nitrogens with one attached hydrogen (secondary N) is 1. The molecule has 1 N–H and O–H groups in total. The normalized spacial score (nSPS) is 10.7. The van der Waals surface area contributed by atoms with Crippen molar-refractivity contribution >= 4 is 11.6 Å². The van der Waals surface area contributed by atoms with E-state index in [4.69, 9.17) is 16.3 Å². The van der Waals surface area contributed by atoms with Crippen molar-refractivity contribution in [3.8, 4) is 5.75 Å². The van der Waals surface area contributed by atoms with Crippen LogP contribution in [0.25, 0.3) is 0 Å². The minimum atomic E-state index is 0.488. The number of ether oxygens (including phenoxy) is 1. The topological polar surface area (TPSA) is 21.3 Å². The summed E-state index contributed by atoms with van der Waals surface area (Å²) < 4.78 is 5.57. The van der Waals surface area contributed by atoms with E-state index in [9.17, 15) is 0 Å². The highest BCUT2D eigenvalue weighted by molar-refractivity contribution is 6.32. The number of hydrogen-bond donors (Lipinski definition) is 1. The van der Waals surface area contributed by atoms with Gasteiger partial charge in [0.2, 0.25) is 0 Å². The standard InChI is InChI=1S/C12H18ClNO/c1-9(2)14-6-7-15-12-8-10(3)4-5-11(12)13/h4-5,8-9,14H,6-7H2,1-3H3. The molecular weight excluding hydrogens is 210 g/mol. The maximum Gasteiger partial charge on any atom is 0.138 e. The van der Waals surface area contributed by atoms with Crippen molar-refractivity contribution in [1.29, 1.82) is 0 Å². The molecule has 0 saturated carbocycles. The van der Waals surface area contributed by atoms with Crippen molar-refractivity contribution < 1.29 is 4.74 Å². The first kappa shape index (κ1) is 12.3. The Morgan fingerprint density at radius 2 is 2.13 bits per heavy atom. The first-order chi connectivity index (χ1) is 7.09. The molecule has 0 aliphatic carbocycles. The number of aryl methyl sites for hydroxylation is 1. The Hall–Kier alpha value is -0.730. The molecule has 1 aromatic rings. The molecule has 0 saturated heterocycles. The van der Waals surface area contributed by atoms with Gasteiger partial charge in [-0.05, 0) is 24.6 Å². The van der Waals surface area contributed by atoms with Crippen LogP contribution in [-0.2, 0) is 0 Å². The van der Waals surface area contributed by atoms with Crippen molar-refractivity contribution in [2.45, 2.75) is 26.8 Å². The fourth-order valence-electron chi connectivity index (χ4n) is 1.23. The maximum absolute atomic E-state index is 5.99.